The van der Waals surface area contributed by atoms with E-state index in [0.717, 1.165) is 10.6 Å². The molecule has 22 heavy (non-hydrogen) atoms. The van der Waals surface area contributed by atoms with Crippen LogP contribution in [0.3, 0.4) is 0 Å². The number of ether oxygens (including phenoxy) is 1. The molecule has 0 N–H and O–H groups in total. The van der Waals surface area contributed by atoms with E-state index in [9.17, 15) is 4.79 Å². The molecule has 2 heterocycles. The molecule has 4 nitrogen and oxygen atoms in total. The van der Waals surface area contributed by atoms with Crippen molar-refractivity contribution in [2.24, 2.45) is 0 Å². The van der Waals surface area contributed by atoms with Crippen LogP contribution in [0.2, 0.25) is 5.02 Å². The predicted octanol–water partition coefficient (Wildman–Crippen LogP) is 3.71. The van der Waals surface area contributed by atoms with Gasteiger partial charge >= 0.3 is 0 Å². The van der Waals surface area contributed by atoms with Gasteiger partial charge in [0.25, 0.3) is 5.91 Å². The first-order chi connectivity index (χ1) is 10.5. The van der Waals surface area contributed by atoms with Crippen LogP contribution in [0, 0.1) is 0 Å². The Kier molecular flexibility index (Phi) is 4.47. The number of hydrogen-bond donors (Lipinski definition) is 0. The lowest BCUT2D eigenvalue weighted by molar-refractivity contribution is -0.0587. The smallest absolute Gasteiger partial charge is 0.273 e. The van der Waals surface area contributed by atoms with Crippen LogP contribution in [0.1, 0.15) is 24.3 Å². The van der Waals surface area contributed by atoms with Crippen LogP contribution in [0.4, 0.5) is 0 Å². The summed E-state index contributed by atoms with van der Waals surface area (Å²) in [5.41, 5.74) is 1.47. The number of carbonyl (C=O) groups is 1. The van der Waals surface area contributed by atoms with Gasteiger partial charge in [0.2, 0.25) is 0 Å². The molecular formula is C16H17ClN2O2S. The maximum Gasteiger partial charge on any atom is 0.273 e. The highest BCUT2D eigenvalue weighted by molar-refractivity contribution is 7.13. The van der Waals surface area contributed by atoms with Crippen LogP contribution < -0.4 is 0 Å². The summed E-state index contributed by atoms with van der Waals surface area (Å²) in [6.07, 6.45) is 0.115. The SMILES string of the molecule is CC1CN(C(=O)c2csc(-c3ccc(Cl)cc3)n2)CC(C)O1. The first-order valence-corrected chi connectivity index (χ1v) is 8.45. The van der Waals surface area contributed by atoms with E-state index in [2.05, 4.69) is 4.98 Å². The molecule has 3 rings (SSSR count). The normalized spacial score (nSPS) is 21.9. The van der Waals surface area contributed by atoms with Crippen LogP contribution >= 0.6 is 22.9 Å². The number of hydrogen-bond acceptors (Lipinski definition) is 4. The highest BCUT2D eigenvalue weighted by atomic mass is 35.5. The van der Waals surface area contributed by atoms with Gasteiger partial charge in [0.05, 0.1) is 12.2 Å². The summed E-state index contributed by atoms with van der Waals surface area (Å²) in [6.45, 7) is 5.18. The molecule has 2 unspecified atom stereocenters. The van der Waals surface area contributed by atoms with Crippen molar-refractivity contribution in [3.8, 4) is 10.6 Å². The van der Waals surface area contributed by atoms with Gasteiger partial charge in [0, 0.05) is 29.1 Å². The van der Waals surface area contributed by atoms with Crippen molar-refractivity contribution in [2.75, 3.05) is 13.1 Å². The number of thiazole rings is 1. The van der Waals surface area contributed by atoms with Crippen molar-refractivity contribution in [2.45, 2.75) is 26.1 Å². The fourth-order valence-corrected chi connectivity index (χ4v) is 3.53. The number of benzene rings is 1. The topological polar surface area (TPSA) is 42.4 Å². The lowest BCUT2D eigenvalue weighted by atomic mass is 10.2. The third kappa shape index (κ3) is 3.32. The van der Waals surface area contributed by atoms with E-state index in [1.807, 2.05) is 48.4 Å². The zero-order chi connectivity index (χ0) is 15.7. The van der Waals surface area contributed by atoms with Gasteiger partial charge in [-0.15, -0.1) is 11.3 Å². The molecule has 1 aliphatic rings. The number of aromatic nitrogens is 1. The molecule has 0 bridgehead atoms. The average molecular weight is 337 g/mol. The lowest BCUT2D eigenvalue weighted by Gasteiger charge is -2.34. The third-order valence-corrected chi connectivity index (χ3v) is 4.66. The Bertz CT molecular complexity index is 661. The molecule has 2 atom stereocenters. The number of rotatable bonds is 2. The van der Waals surface area contributed by atoms with Crippen molar-refractivity contribution in [3.63, 3.8) is 0 Å². The summed E-state index contributed by atoms with van der Waals surface area (Å²) in [4.78, 5) is 18.9. The van der Waals surface area contributed by atoms with Crippen LogP contribution in [0.15, 0.2) is 29.6 Å². The maximum absolute atomic E-state index is 12.6. The first kappa shape index (κ1) is 15.5. The Balaban J connectivity index is 1.78. The Morgan fingerprint density at radius 1 is 1.27 bits per heavy atom. The summed E-state index contributed by atoms with van der Waals surface area (Å²) in [7, 11) is 0. The van der Waals surface area contributed by atoms with Crippen molar-refractivity contribution in [3.05, 3.63) is 40.4 Å². The number of nitrogens with zero attached hydrogens (tertiary/aromatic N) is 2. The number of morpholine rings is 1. The van der Waals surface area contributed by atoms with Gasteiger partial charge in [-0.3, -0.25) is 4.79 Å². The zero-order valence-corrected chi connectivity index (χ0v) is 14.0. The molecule has 1 aliphatic heterocycles. The molecule has 6 heteroatoms. The van der Waals surface area contributed by atoms with Crippen LogP contribution in [0.25, 0.3) is 10.6 Å². The molecule has 1 amide bonds. The van der Waals surface area contributed by atoms with E-state index in [-0.39, 0.29) is 18.1 Å². The van der Waals surface area contributed by atoms with Gasteiger partial charge in [-0.1, -0.05) is 23.7 Å². The Labute approximate surface area is 138 Å². The largest absolute Gasteiger partial charge is 0.372 e. The Morgan fingerprint density at radius 2 is 1.91 bits per heavy atom. The standard InChI is InChI=1S/C16H17ClN2O2S/c1-10-7-19(8-11(2)21-10)16(20)14-9-22-15(18-14)12-3-5-13(17)6-4-12/h3-6,9-11H,7-8H2,1-2H3. The van der Waals surface area contributed by atoms with Crippen molar-refractivity contribution in [1.29, 1.82) is 0 Å². The van der Waals surface area contributed by atoms with Gasteiger partial charge in [0.1, 0.15) is 10.7 Å². The highest BCUT2D eigenvalue weighted by Crippen LogP contribution is 2.26. The van der Waals surface area contributed by atoms with Gasteiger partial charge in [0.15, 0.2) is 0 Å². The Hall–Kier alpha value is -1.43. The van der Waals surface area contributed by atoms with Gasteiger partial charge in [-0.25, -0.2) is 4.98 Å². The molecule has 1 aromatic carbocycles. The van der Waals surface area contributed by atoms with Gasteiger partial charge in [-0.2, -0.15) is 0 Å². The third-order valence-electron chi connectivity index (χ3n) is 3.52. The van der Waals surface area contributed by atoms with E-state index in [1.54, 1.807) is 0 Å². The predicted molar refractivity (Wildman–Crippen MR) is 88.5 cm³/mol. The summed E-state index contributed by atoms with van der Waals surface area (Å²) in [5, 5.41) is 3.33. The fourth-order valence-electron chi connectivity index (χ4n) is 2.60. The second-order valence-corrected chi connectivity index (χ2v) is 6.81. The Morgan fingerprint density at radius 3 is 2.55 bits per heavy atom. The average Bonchev–Trinajstić information content (AvgIpc) is 2.96. The molecule has 0 radical (unpaired) electrons. The zero-order valence-electron chi connectivity index (χ0n) is 12.5. The van der Waals surface area contributed by atoms with Gasteiger partial charge in [-0.05, 0) is 26.0 Å². The lowest BCUT2D eigenvalue weighted by Crippen LogP contribution is -2.48. The first-order valence-electron chi connectivity index (χ1n) is 7.19. The van der Waals surface area contributed by atoms with Crippen molar-refractivity contribution >= 4 is 28.8 Å². The summed E-state index contributed by atoms with van der Waals surface area (Å²) in [6, 6.07) is 7.47. The molecule has 0 saturated carbocycles. The van der Waals surface area contributed by atoms with E-state index in [0.29, 0.717) is 23.8 Å². The number of halogens is 1. The van der Waals surface area contributed by atoms with Crippen LogP contribution in [-0.4, -0.2) is 41.1 Å². The molecule has 1 saturated heterocycles. The van der Waals surface area contributed by atoms with E-state index in [4.69, 9.17) is 16.3 Å². The molecule has 1 fully saturated rings. The van der Waals surface area contributed by atoms with E-state index >= 15 is 0 Å². The minimum absolute atomic E-state index is 0.0292. The maximum atomic E-state index is 12.6. The molecule has 1 aromatic heterocycles. The molecular weight excluding hydrogens is 320 g/mol. The minimum atomic E-state index is -0.0292. The molecule has 0 spiro atoms. The number of amides is 1. The van der Waals surface area contributed by atoms with Gasteiger partial charge < -0.3 is 9.64 Å². The van der Waals surface area contributed by atoms with E-state index < -0.39 is 0 Å². The highest BCUT2D eigenvalue weighted by Gasteiger charge is 2.27. The van der Waals surface area contributed by atoms with Crippen LogP contribution in [-0.2, 0) is 4.74 Å². The summed E-state index contributed by atoms with van der Waals surface area (Å²) in [5.74, 6) is -0.0292. The summed E-state index contributed by atoms with van der Waals surface area (Å²) < 4.78 is 5.66. The molecule has 116 valence electrons. The monoisotopic (exact) mass is 336 g/mol. The van der Waals surface area contributed by atoms with Crippen LogP contribution in [0.5, 0.6) is 0 Å². The quantitative estimate of drug-likeness (QED) is 0.839. The molecule has 2 aromatic rings. The second kappa shape index (κ2) is 6.36. The minimum Gasteiger partial charge on any atom is -0.372 e. The number of carbonyl (C=O) groups excluding carboxylic acids is 1. The summed E-state index contributed by atoms with van der Waals surface area (Å²) >= 11 is 7.36. The molecule has 0 aliphatic carbocycles. The second-order valence-electron chi connectivity index (χ2n) is 5.51. The van der Waals surface area contributed by atoms with E-state index in [1.165, 1.54) is 11.3 Å². The van der Waals surface area contributed by atoms with Crippen molar-refractivity contribution < 1.29 is 9.53 Å². The van der Waals surface area contributed by atoms with Crippen molar-refractivity contribution in [1.82, 2.24) is 9.88 Å². The fraction of sp³-hybridized carbons (Fsp3) is 0.375.